The van der Waals surface area contributed by atoms with Gasteiger partial charge in [-0.15, -0.1) is 0 Å². The van der Waals surface area contributed by atoms with E-state index in [0.717, 1.165) is 17.1 Å². The second-order valence-corrected chi connectivity index (χ2v) is 4.96. The molecule has 3 nitrogen and oxygen atoms in total. The third-order valence-corrected chi connectivity index (χ3v) is 3.68. The van der Waals surface area contributed by atoms with Crippen molar-refractivity contribution in [2.75, 3.05) is 12.4 Å². The molecule has 3 rings (SSSR count). The normalized spacial score (nSPS) is 10.6. The van der Waals surface area contributed by atoms with Crippen molar-refractivity contribution in [1.29, 1.82) is 0 Å². The van der Waals surface area contributed by atoms with Gasteiger partial charge in [-0.2, -0.15) is 0 Å². The highest BCUT2D eigenvalue weighted by Crippen LogP contribution is 2.28. The number of aromatic nitrogens is 1. The Morgan fingerprint density at radius 1 is 1.05 bits per heavy atom. The highest BCUT2D eigenvalue weighted by Gasteiger charge is 2.08. The van der Waals surface area contributed by atoms with E-state index in [1.54, 1.807) is 13.3 Å². The van der Waals surface area contributed by atoms with Crippen LogP contribution in [-0.2, 0) is 6.54 Å². The molecule has 0 atom stereocenters. The van der Waals surface area contributed by atoms with E-state index in [0.29, 0.717) is 6.54 Å². The molecule has 1 N–H and O–H groups in total. The molecule has 0 aliphatic heterocycles. The number of nitrogens with one attached hydrogen (secondary N) is 1. The number of hydrogen-bond donors (Lipinski definition) is 1. The van der Waals surface area contributed by atoms with Crippen molar-refractivity contribution in [3.05, 3.63) is 66.0 Å². The van der Waals surface area contributed by atoms with Gasteiger partial charge in [0.25, 0.3) is 0 Å². The van der Waals surface area contributed by atoms with Gasteiger partial charge >= 0.3 is 0 Å². The first kappa shape index (κ1) is 13.4. The van der Waals surface area contributed by atoms with E-state index in [1.807, 2.05) is 25.1 Å². The summed E-state index contributed by atoms with van der Waals surface area (Å²) in [7, 11) is 1.71. The van der Waals surface area contributed by atoms with Crippen LogP contribution in [-0.4, -0.2) is 12.1 Å². The molecule has 21 heavy (non-hydrogen) atoms. The summed E-state index contributed by atoms with van der Waals surface area (Å²) in [6.45, 7) is 2.71. The van der Waals surface area contributed by atoms with Crippen molar-refractivity contribution >= 4 is 16.5 Å². The average Bonchev–Trinajstić information content (AvgIpc) is 2.53. The van der Waals surface area contributed by atoms with E-state index in [1.165, 1.54) is 16.3 Å². The maximum atomic E-state index is 5.52. The molecule has 0 saturated carbocycles. The van der Waals surface area contributed by atoms with Crippen molar-refractivity contribution < 1.29 is 4.74 Å². The number of benzene rings is 2. The summed E-state index contributed by atoms with van der Waals surface area (Å²) in [6.07, 6.45) is 1.80. The smallest absolute Gasteiger partial charge is 0.124 e. The second kappa shape index (κ2) is 5.83. The Morgan fingerprint density at radius 3 is 2.71 bits per heavy atom. The van der Waals surface area contributed by atoms with E-state index in [-0.39, 0.29) is 0 Å². The van der Waals surface area contributed by atoms with Crippen LogP contribution in [0.1, 0.15) is 11.3 Å². The fourth-order valence-electron chi connectivity index (χ4n) is 2.54. The lowest BCUT2D eigenvalue weighted by molar-refractivity contribution is 0.411. The van der Waals surface area contributed by atoms with Crippen LogP contribution in [0.5, 0.6) is 5.75 Å². The molecule has 0 bridgehead atoms. The second-order valence-electron chi connectivity index (χ2n) is 4.96. The van der Waals surface area contributed by atoms with E-state index < -0.39 is 0 Å². The standard InChI is InChI=1S/C18H18N2O/c1-13-17(8-5-11-19-13)20-12-16-15-7-4-3-6-14(15)9-10-18(16)21-2/h3-11,20H,12H2,1-2H3. The summed E-state index contributed by atoms with van der Waals surface area (Å²) in [5.74, 6) is 0.905. The topological polar surface area (TPSA) is 34.1 Å². The molecule has 3 heteroatoms. The molecule has 106 valence electrons. The Morgan fingerprint density at radius 2 is 1.90 bits per heavy atom. The zero-order valence-corrected chi connectivity index (χ0v) is 12.3. The highest BCUT2D eigenvalue weighted by molar-refractivity contribution is 5.88. The first-order valence-corrected chi connectivity index (χ1v) is 6.99. The molecule has 3 aromatic rings. The molecule has 0 aliphatic carbocycles. The lowest BCUT2D eigenvalue weighted by Crippen LogP contribution is -2.04. The van der Waals surface area contributed by atoms with Crippen molar-refractivity contribution in [2.24, 2.45) is 0 Å². The predicted molar refractivity (Wildman–Crippen MR) is 86.8 cm³/mol. The molecule has 0 aliphatic rings. The molecule has 1 aromatic heterocycles. The molecular formula is C18H18N2O. The van der Waals surface area contributed by atoms with Crippen LogP contribution in [0, 0.1) is 6.92 Å². The average molecular weight is 278 g/mol. The Labute approximate surface area is 124 Å². The van der Waals surface area contributed by atoms with E-state index in [9.17, 15) is 0 Å². The van der Waals surface area contributed by atoms with E-state index in [4.69, 9.17) is 4.74 Å². The first-order chi connectivity index (χ1) is 10.3. The van der Waals surface area contributed by atoms with Crippen molar-refractivity contribution in [2.45, 2.75) is 13.5 Å². The molecule has 0 saturated heterocycles. The fraction of sp³-hybridized carbons (Fsp3) is 0.167. The van der Waals surface area contributed by atoms with Gasteiger partial charge in [0.1, 0.15) is 5.75 Å². The van der Waals surface area contributed by atoms with Gasteiger partial charge in [-0.1, -0.05) is 30.3 Å². The van der Waals surface area contributed by atoms with E-state index >= 15 is 0 Å². The molecule has 0 spiro atoms. The first-order valence-electron chi connectivity index (χ1n) is 6.99. The SMILES string of the molecule is COc1ccc2ccccc2c1CNc1cccnc1C. The number of methoxy groups -OCH3 is 1. The van der Waals surface area contributed by atoms with Gasteiger partial charge in [-0.3, -0.25) is 4.98 Å². The number of hydrogen-bond acceptors (Lipinski definition) is 3. The van der Waals surface area contributed by atoms with Gasteiger partial charge < -0.3 is 10.1 Å². The van der Waals surface area contributed by atoms with Gasteiger partial charge in [0.15, 0.2) is 0 Å². The Kier molecular flexibility index (Phi) is 3.73. The summed E-state index contributed by atoms with van der Waals surface area (Å²) in [5.41, 5.74) is 3.21. The number of aryl methyl sites for hydroxylation is 1. The number of anilines is 1. The van der Waals surface area contributed by atoms with Gasteiger partial charge in [-0.05, 0) is 35.9 Å². The molecule has 0 unspecified atom stereocenters. The summed E-state index contributed by atoms with van der Waals surface area (Å²) in [5, 5.41) is 5.89. The number of rotatable bonds is 4. The minimum atomic E-state index is 0.705. The lowest BCUT2D eigenvalue weighted by atomic mass is 10.0. The van der Waals surface area contributed by atoms with Gasteiger partial charge in [0, 0.05) is 18.3 Å². The van der Waals surface area contributed by atoms with Crippen molar-refractivity contribution in [3.63, 3.8) is 0 Å². The molecule has 0 amide bonds. The number of pyridine rings is 1. The van der Waals surface area contributed by atoms with Crippen LogP contribution in [0.15, 0.2) is 54.7 Å². The molecule has 1 heterocycles. The molecule has 0 radical (unpaired) electrons. The lowest BCUT2D eigenvalue weighted by Gasteiger charge is -2.14. The van der Waals surface area contributed by atoms with Crippen LogP contribution in [0.3, 0.4) is 0 Å². The van der Waals surface area contributed by atoms with Crippen molar-refractivity contribution in [3.8, 4) is 5.75 Å². The Bertz CT molecular complexity index is 768. The highest BCUT2D eigenvalue weighted by atomic mass is 16.5. The number of ether oxygens (including phenoxy) is 1. The molecule has 0 fully saturated rings. The Balaban J connectivity index is 1.97. The maximum absolute atomic E-state index is 5.52. The summed E-state index contributed by atoms with van der Waals surface area (Å²) in [6, 6.07) is 16.5. The van der Waals surface area contributed by atoms with Gasteiger partial charge in [-0.25, -0.2) is 0 Å². The molecule has 2 aromatic carbocycles. The summed E-state index contributed by atoms with van der Waals surface area (Å²) in [4.78, 5) is 4.30. The zero-order valence-electron chi connectivity index (χ0n) is 12.3. The van der Waals surface area contributed by atoms with Crippen LogP contribution in [0.2, 0.25) is 0 Å². The zero-order chi connectivity index (χ0) is 14.7. The van der Waals surface area contributed by atoms with Crippen LogP contribution < -0.4 is 10.1 Å². The maximum Gasteiger partial charge on any atom is 0.124 e. The Hall–Kier alpha value is -2.55. The van der Waals surface area contributed by atoms with Gasteiger partial charge in [0.05, 0.1) is 18.5 Å². The monoisotopic (exact) mass is 278 g/mol. The third kappa shape index (κ3) is 2.68. The minimum Gasteiger partial charge on any atom is -0.496 e. The number of nitrogens with zero attached hydrogens (tertiary/aromatic N) is 1. The largest absolute Gasteiger partial charge is 0.496 e. The summed E-state index contributed by atoms with van der Waals surface area (Å²) >= 11 is 0. The van der Waals surface area contributed by atoms with Crippen LogP contribution in [0.4, 0.5) is 5.69 Å². The van der Waals surface area contributed by atoms with Crippen molar-refractivity contribution in [1.82, 2.24) is 4.98 Å². The third-order valence-electron chi connectivity index (χ3n) is 3.68. The molecular weight excluding hydrogens is 260 g/mol. The van der Waals surface area contributed by atoms with E-state index in [2.05, 4.69) is 40.6 Å². The summed E-state index contributed by atoms with van der Waals surface area (Å²) < 4.78 is 5.52. The quantitative estimate of drug-likeness (QED) is 0.778. The predicted octanol–water partition coefficient (Wildman–Crippen LogP) is 4.16. The fourth-order valence-corrected chi connectivity index (χ4v) is 2.54. The minimum absolute atomic E-state index is 0.705. The number of fused-ring (bicyclic) bond motifs is 1. The van der Waals surface area contributed by atoms with Crippen LogP contribution in [0.25, 0.3) is 10.8 Å². The van der Waals surface area contributed by atoms with Gasteiger partial charge in [0.2, 0.25) is 0 Å². The van der Waals surface area contributed by atoms with Crippen LogP contribution >= 0.6 is 0 Å².